The van der Waals surface area contributed by atoms with Gasteiger partial charge in [-0.25, -0.2) is 4.68 Å². The van der Waals surface area contributed by atoms with Crippen LogP contribution in [0.5, 0.6) is 0 Å². The van der Waals surface area contributed by atoms with Crippen LogP contribution in [-0.4, -0.2) is 30.9 Å². The number of pyridine rings is 1. The maximum atomic E-state index is 13.6. The minimum absolute atomic E-state index is 0.0734. The molecule has 0 aliphatic carbocycles. The molecule has 1 N–H and O–H groups in total. The van der Waals surface area contributed by atoms with Crippen LogP contribution in [0.3, 0.4) is 0 Å². The molecule has 8 nitrogen and oxygen atoms in total. The van der Waals surface area contributed by atoms with Gasteiger partial charge in [-0.15, -0.1) is 10.2 Å². The van der Waals surface area contributed by atoms with Crippen LogP contribution in [0.2, 0.25) is 0 Å². The van der Waals surface area contributed by atoms with Gasteiger partial charge in [0, 0.05) is 28.9 Å². The maximum absolute atomic E-state index is 13.6. The topological polar surface area (TPSA) is 98.7 Å². The average molecular weight is 450 g/mol. The smallest absolute Gasteiger partial charge is 0.433 e. The summed E-state index contributed by atoms with van der Waals surface area (Å²) >= 11 is 0. The molecule has 0 spiro atoms. The van der Waals surface area contributed by atoms with Gasteiger partial charge in [0.15, 0.2) is 17.3 Å². The zero-order valence-electron chi connectivity index (χ0n) is 16.6. The van der Waals surface area contributed by atoms with Gasteiger partial charge in [-0.05, 0) is 54.6 Å². The first-order valence-corrected chi connectivity index (χ1v) is 9.59. The van der Waals surface area contributed by atoms with Gasteiger partial charge in [0.1, 0.15) is 5.58 Å². The van der Waals surface area contributed by atoms with Crippen molar-refractivity contribution in [1.29, 1.82) is 0 Å². The number of hydrogen-bond donors (Lipinski definition) is 1. The first kappa shape index (κ1) is 20.4. The predicted molar refractivity (Wildman–Crippen MR) is 112 cm³/mol. The Balaban J connectivity index is 1.42. The fraction of sp³-hybridized carbons (Fsp3) is 0.0455. The molecule has 0 saturated carbocycles. The molecule has 5 rings (SSSR count). The lowest BCUT2D eigenvalue weighted by molar-refractivity contribution is -0.142. The molecule has 164 valence electrons. The molecule has 5 aromatic rings. The third-order valence-corrected chi connectivity index (χ3v) is 4.78. The van der Waals surface area contributed by atoms with Crippen LogP contribution in [0.4, 0.5) is 19.0 Å². The van der Waals surface area contributed by atoms with Gasteiger partial charge in [-0.2, -0.15) is 18.3 Å². The molecule has 33 heavy (non-hydrogen) atoms. The highest BCUT2D eigenvalue weighted by molar-refractivity contribution is 6.05. The van der Waals surface area contributed by atoms with Crippen molar-refractivity contribution in [2.45, 2.75) is 6.18 Å². The number of benzene rings is 1. The number of anilines is 1. The Morgan fingerprint density at radius 3 is 2.64 bits per heavy atom. The second-order valence-corrected chi connectivity index (χ2v) is 6.97. The van der Waals surface area contributed by atoms with Crippen LogP contribution in [0.25, 0.3) is 28.0 Å². The zero-order valence-corrected chi connectivity index (χ0v) is 16.6. The first-order chi connectivity index (χ1) is 15.9. The number of furan rings is 1. The van der Waals surface area contributed by atoms with E-state index in [-0.39, 0.29) is 17.3 Å². The summed E-state index contributed by atoms with van der Waals surface area (Å²) in [6.07, 6.45) is -0.233. The van der Waals surface area contributed by atoms with E-state index in [9.17, 15) is 18.0 Å². The summed E-state index contributed by atoms with van der Waals surface area (Å²) in [5.74, 6) is -0.534. The van der Waals surface area contributed by atoms with Crippen molar-refractivity contribution in [3.63, 3.8) is 0 Å². The van der Waals surface area contributed by atoms with Crippen molar-refractivity contribution >= 4 is 22.7 Å². The number of carbonyl (C=O) groups excluding carboxylic acids is 1. The Morgan fingerprint density at radius 2 is 1.91 bits per heavy atom. The third kappa shape index (κ3) is 4.03. The normalized spacial score (nSPS) is 11.6. The number of aromatic nitrogens is 5. The fourth-order valence-corrected chi connectivity index (χ4v) is 3.21. The molecule has 0 radical (unpaired) electrons. The van der Waals surface area contributed by atoms with E-state index in [0.717, 1.165) is 11.5 Å². The highest BCUT2D eigenvalue weighted by Crippen LogP contribution is 2.33. The quantitative estimate of drug-likeness (QED) is 0.425. The molecule has 1 amide bonds. The Hall–Kier alpha value is -4.54. The highest BCUT2D eigenvalue weighted by Gasteiger charge is 2.37. The molecule has 0 fully saturated rings. The molecular formula is C22H13F3N6O2. The average Bonchev–Trinajstić information content (AvgIpc) is 3.47. The monoisotopic (exact) mass is 450 g/mol. The van der Waals surface area contributed by atoms with Gasteiger partial charge >= 0.3 is 6.18 Å². The highest BCUT2D eigenvalue weighted by atomic mass is 19.4. The van der Waals surface area contributed by atoms with Crippen molar-refractivity contribution in [1.82, 2.24) is 25.0 Å². The Bertz CT molecular complexity index is 1440. The minimum atomic E-state index is -4.67. The number of alkyl halides is 3. The summed E-state index contributed by atoms with van der Waals surface area (Å²) in [5, 5.41) is 15.0. The van der Waals surface area contributed by atoms with Crippen molar-refractivity contribution < 1.29 is 22.4 Å². The summed E-state index contributed by atoms with van der Waals surface area (Å²) in [6.45, 7) is 0. The molecule has 0 atom stereocenters. The van der Waals surface area contributed by atoms with E-state index in [4.69, 9.17) is 4.42 Å². The largest absolute Gasteiger partial charge is 0.464 e. The number of carbonyl (C=O) groups is 1. The Kier molecular flexibility index (Phi) is 4.85. The molecule has 4 heterocycles. The van der Waals surface area contributed by atoms with Crippen LogP contribution >= 0.6 is 0 Å². The number of fused-ring (bicyclic) bond motifs is 1. The van der Waals surface area contributed by atoms with E-state index < -0.39 is 17.8 Å². The SMILES string of the molecule is O=C(Nc1ccc(-n2nc(-c3cccnc3)cc2C(F)(F)F)nn1)c1ccc2occc2c1. The fourth-order valence-electron chi connectivity index (χ4n) is 3.21. The van der Waals surface area contributed by atoms with Gasteiger partial charge in [0.25, 0.3) is 5.91 Å². The lowest BCUT2D eigenvalue weighted by atomic mass is 10.1. The van der Waals surface area contributed by atoms with E-state index in [2.05, 4.69) is 25.6 Å². The molecule has 1 aromatic carbocycles. The van der Waals surface area contributed by atoms with Gasteiger partial charge in [0.2, 0.25) is 0 Å². The number of nitrogens with one attached hydrogen (secondary N) is 1. The minimum Gasteiger partial charge on any atom is -0.464 e. The lowest BCUT2D eigenvalue weighted by Gasteiger charge is -2.09. The summed E-state index contributed by atoms with van der Waals surface area (Å²) in [7, 11) is 0. The summed E-state index contributed by atoms with van der Waals surface area (Å²) < 4.78 is 46.7. The first-order valence-electron chi connectivity index (χ1n) is 9.59. The van der Waals surface area contributed by atoms with Gasteiger partial charge in [0.05, 0.1) is 12.0 Å². The summed E-state index contributed by atoms with van der Waals surface area (Å²) in [6, 6.07) is 13.4. The Morgan fingerprint density at radius 1 is 1.03 bits per heavy atom. The third-order valence-electron chi connectivity index (χ3n) is 4.78. The van der Waals surface area contributed by atoms with E-state index in [1.807, 2.05) is 0 Å². The maximum Gasteiger partial charge on any atom is 0.433 e. The van der Waals surface area contributed by atoms with Crippen LogP contribution in [0, 0.1) is 0 Å². The predicted octanol–water partition coefficient (Wildman–Crippen LogP) is 4.74. The van der Waals surface area contributed by atoms with Crippen LogP contribution in [-0.2, 0) is 6.18 Å². The van der Waals surface area contributed by atoms with Gasteiger partial charge in [-0.3, -0.25) is 9.78 Å². The number of halogens is 3. The molecule has 0 aliphatic heterocycles. The van der Waals surface area contributed by atoms with E-state index >= 15 is 0 Å². The Labute approximate surface area is 183 Å². The van der Waals surface area contributed by atoms with Crippen molar-refractivity contribution in [3.05, 3.63) is 84.5 Å². The summed E-state index contributed by atoms with van der Waals surface area (Å²) in [5.41, 5.74) is 0.502. The van der Waals surface area contributed by atoms with E-state index in [1.165, 1.54) is 30.8 Å². The summed E-state index contributed by atoms with van der Waals surface area (Å²) in [4.78, 5) is 16.4. The number of amides is 1. The standard InChI is InChI=1S/C22H13F3N6O2/c23-22(24,25)18-11-16(15-2-1-8-26-12-15)30-31(18)20-6-5-19(28-29-20)27-21(32)14-3-4-17-13(10-14)7-9-33-17/h1-12H,(H,27,28,32). The van der Waals surface area contributed by atoms with E-state index in [0.29, 0.717) is 21.4 Å². The van der Waals surface area contributed by atoms with Gasteiger partial charge in [-0.1, -0.05) is 0 Å². The van der Waals surface area contributed by atoms with Crippen molar-refractivity contribution in [3.8, 4) is 17.1 Å². The molecule has 0 aliphatic rings. The van der Waals surface area contributed by atoms with Crippen LogP contribution in [0.1, 0.15) is 16.1 Å². The number of rotatable bonds is 4. The number of hydrogen-bond acceptors (Lipinski definition) is 6. The second-order valence-electron chi connectivity index (χ2n) is 6.97. The molecule has 4 aromatic heterocycles. The van der Waals surface area contributed by atoms with Gasteiger partial charge < -0.3 is 9.73 Å². The molecule has 0 unspecified atom stereocenters. The molecule has 11 heteroatoms. The van der Waals surface area contributed by atoms with Crippen LogP contribution in [0.15, 0.2) is 77.7 Å². The van der Waals surface area contributed by atoms with E-state index in [1.54, 1.807) is 36.4 Å². The molecule has 0 saturated heterocycles. The zero-order chi connectivity index (χ0) is 23.0. The van der Waals surface area contributed by atoms with Crippen molar-refractivity contribution in [2.24, 2.45) is 0 Å². The van der Waals surface area contributed by atoms with Crippen LogP contribution < -0.4 is 5.32 Å². The molecule has 0 bridgehead atoms. The number of nitrogens with zero attached hydrogens (tertiary/aromatic N) is 5. The van der Waals surface area contributed by atoms with Crippen molar-refractivity contribution in [2.75, 3.05) is 5.32 Å². The molecular weight excluding hydrogens is 437 g/mol. The lowest BCUT2D eigenvalue weighted by Crippen LogP contribution is -2.16. The second kappa shape index (κ2) is 7.86.